The van der Waals surface area contributed by atoms with Gasteiger partial charge in [-0.3, -0.25) is 0 Å². The zero-order chi connectivity index (χ0) is 52.6. The molecule has 0 aromatic heterocycles. The van der Waals surface area contributed by atoms with Crippen LogP contribution < -0.4 is 0 Å². The van der Waals surface area contributed by atoms with Crippen molar-refractivity contribution in [3.63, 3.8) is 0 Å². The zero-order valence-corrected chi connectivity index (χ0v) is 43.8. The number of aliphatic hydroxyl groups is 7. The molecule has 5 rings (SSSR count). The van der Waals surface area contributed by atoms with Crippen LogP contribution in [0.1, 0.15) is 115 Å². The summed E-state index contributed by atoms with van der Waals surface area (Å²) in [6, 6.07) is 0. The first-order valence-electron chi connectivity index (χ1n) is 26.0. The number of allylic oxidation sites excluding steroid dienone is 4. The molecule has 0 amide bonds. The number of ether oxygens (including phenoxy) is 8. The highest BCUT2D eigenvalue weighted by atomic mass is 16.7. The zero-order valence-electron chi connectivity index (χ0n) is 43.8. The monoisotopic (exact) mass is 1010 g/mol. The molecule has 0 aromatic rings. The van der Waals surface area contributed by atoms with E-state index in [0.717, 1.165) is 6.42 Å². The van der Waals surface area contributed by atoms with Crippen LogP contribution in [0.15, 0.2) is 60.4 Å². The van der Waals surface area contributed by atoms with Crippen molar-refractivity contribution in [3.05, 3.63) is 60.4 Å². The lowest BCUT2D eigenvalue weighted by Gasteiger charge is -2.50. The smallest absolute Gasteiger partial charge is 0.331 e. The predicted octanol–water partition coefficient (Wildman–Crippen LogP) is 4.92. The topological polar surface area (TPSA) is 250 Å². The molecule has 0 spiro atoms. The fourth-order valence-corrected chi connectivity index (χ4v) is 11.1. The number of cyclic esters (lactones) is 2. The van der Waals surface area contributed by atoms with Crippen molar-refractivity contribution in [2.75, 3.05) is 0 Å². The minimum Gasteiger partial charge on any atom is -0.495 e. The highest BCUT2D eigenvalue weighted by molar-refractivity contribution is 5.83. The van der Waals surface area contributed by atoms with E-state index < -0.39 is 145 Å². The fraction of sp³-hybridized carbons (Fsp3) is 0.778. The third-order valence-electron chi connectivity index (χ3n) is 15.9. The Morgan fingerprint density at radius 3 is 1.61 bits per heavy atom. The van der Waals surface area contributed by atoms with Gasteiger partial charge in [-0.25, -0.2) is 9.59 Å². The van der Waals surface area contributed by atoms with Gasteiger partial charge in [0, 0.05) is 78.8 Å². The van der Waals surface area contributed by atoms with Gasteiger partial charge in [0.05, 0.1) is 54.9 Å². The van der Waals surface area contributed by atoms with E-state index in [1.807, 2.05) is 54.5 Å². The lowest BCUT2D eigenvalue weighted by Crippen LogP contribution is -2.59. The maximum absolute atomic E-state index is 13.5. The molecule has 5 aliphatic rings. The summed E-state index contributed by atoms with van der Waals surface area (Å²) >= 11 is 0. The summed E-state index contributed by atoms with van der Waals surface area (Å²) in [7, 11) is 0. The SMILES string of the molecule is CC[C@@H]1[C@@H](C)OC([C@@H](C)[C@H](O)[C@H](C)[C@H]2OC(=O)/C=C/C=C/[C@H](C)[C@@H]([C@@H](C)[C@@H](O)[C@H](C)[C@@]3(O)C[C@@H](O[C@@H]4C[C@H](O)[C@H](O)[C@H](C)O4)[C@H](CC)[C@@H](C)O3)OC(=O)/C=C/C=C/[C@@H]2C)=C[C@H]1O[C@H]1C[C@H](O)[C@H](O)[C@H](C)O1. The Labute approximate surface area is 420 Å². The van der Waals surface area contributed by atoms with Gasteiger partial charge in [0.15, 0.2) is 18.4 Å². The van der Waals surface area contributed by atoms with Gasteiger partial charge >= 0.3 is 11.9 Å². The molecule has 5 heterocycles. The van der Waals surface area contributed by atoms with Crippen molar-refractivity contribution in [1.82, 2.24) is 0 Å². The normalized spacial score (nSPS) is 44.2. The van der Waals surface area contributed by atoms with Crippen LogP contribution in [0, 0.1) is 47.3 Å². The Morgan fingerprint density at radius 2 is 1.13 bits per heavy atom. The second kappa shape index (κ2) is 25.9. The molecule has 0 saturated carbocycles. The number of rotatable bonds is 14. The van der Waals surface area contributed by atoms with Gasteiger partial charge in [-0.2, -0.15) is 0 Å². The second-order valence-electron chi connectivity index (χ2n) is 21.1. The minimum absolute atomic E-state index is 0.0166. The molecule has 0 unspecified atom stereocenters. The summed E-state index contributed by atoms with van der Waals surface area (Å²) < 4.78 is 49.3. The number of hydrogen-bond acceptors (Lipinski definition) is 17. The van der Waals surface area contributed by atoms with Crippen LogP contribution in [0.2, 0.25) is 0 Å². The number of hydrogen-bond donors (Lipinski definition) is 7. The van der Waals surface area contributed by atoms with Crippen molar-refractivity contribution in [2.24, 2.45) is 47.3 Å². The first-order valence-corrected chi connectivity index (χ1v) is 26.0. The van der Waals surface area contributed by atoms with Crippen molar-refractivity contribution in [2.45, 2.75) is 219 Å². The van der Waals surface area contributed by atoms with E-state index in [2.05, 4.69) is 0 Å². The maximum Gasteiger partial charge on any atom is 0.331 e. The fourth-order valence-electron chi connectivity index (χ4n) is 11.1. The summed E-state index contributed by atoms with van der Waals surface area (Å²) in [5.74, 6) is -6.63. The van der Waals surface area contributed by atoms with E-state index >= 15 is 0 Å². The summed E-state index contributed by atoms with van der Waals surface area (Å²) in [6.07, 6.45) is 2.92. The molecule has 25 atom stereocenters. The van der Waals surface area contributed by atoms with E-state index in [4.69, 9.17) is 37.9 Å². The highest BCUT2D eigenvalue weighted by Crippen LogP contribution is 2.43. The van der Waals surface area contributed by atoms with Crippen molar-refractivity contribution in [3.8, 4) is 0 Å². The van der Waals surface area contributed by atoms with Crippen molar-refractivity contribution in [1.29, 1.82) is 0 Å². The quantitative estimate of drug-likeness (QED) is 0.114. The molecule has 17 nitrogen and oxygen atoms in total. The second-order valence-corrected chi connectivity index (χ2v) is 21.1. The average molecular weight is 1010 g/mol. The van der Waals surface area contributed by atoms with E-state index in [9.17, 15) is 45.3 Å². The van der Waals surface area contributed by atoms with Crippen LogP contribution >= 0.6 is 0 Å². The summed E-state index contributed by atoms with van der Waals surface area (Å²) in [5.41, 5.74) is 0. The van der Waals surface area contributed by atoms with Crippen molar-refractivity contribution < 1.29 is 83.2 Å². The van der Waals surface area contributed by atoms with E-state index in [0.29, 0.717) is 12.2 Å². The Bertz CT molecular complexity index is 1850. The van der Waals surface area contributed by atoms with Gasteiger partial charge in [-0.15, -0.1) is 0 Å². The molecule has 0 aromatic carbocycles. The first-order chi connectivity index (χ1) is 33.4. The molecule has 17 heteroatoms. The third-order valence-corrected chi connectivity index (χ3v) is 15.9. The molecule has 404 valence electrons. The molecule has 71 heavy (non-hydrogen) atoms. The lowest BCUT2D eigenvalue weighted by atomic mass is 9.76. The Hall–Kier alpha value is -3.04. The van der Waals surface area contributed by atoms with Gasteiger partial charge in [0.2, 0.25) is 0 Å². The largest absolute Gasteiger partial charge is 0.495 e. The Kier molecular flexibility index (Phi) is 21.5. The average Bonchev–Trinajstić information content (AvgIpc) is 3.31. The Balaban J connectivity index is 1.28. The number of aliphatic hydroxyl groups excluding tert-OH is 6. The molecule has 3 saturated heterocycles. The molecule has 0 radical (unpaired) electrons. The van der Waals surface area contributed by atoms with E-state index in [-0.39, 0.29) is 37.2 Å². The van der Waals surface area contributed by atoms with Crippen LogP contribution in [0.5, 0.6) is 0 Å². The highest BCUT2D eigenvalue weighted by Gasteiger charge is 2.52. The summed E-state index contributed by atoms with van der Waals surface area (Å²) in [5, 5.41) is 77.4. The number of esters is 2. The number of carbonyl (C=O) groups excluding carboxylic acids is 2. The van der Waals surface area contributed by atoms with E-state index in [1.54, 1.807) is 58.9 Å². The molecule has 0 aliphatic carbocycles. The Morgan fingerprint density at radius 1 is 0.648 bits per heavy atom. The van der Waals surface area contributed by atoms with E-state index in [1.165, 1.54) is 24.3 Å². The predicted molar refractivity (Wildman–Crippen MR) is 261 cm³/mol. The van der Waals surface area contributed by atoms with Crippen LogP contribution in [0.4, 0.5) is 0 Å². The van der Waals surface area contributed by atoms with Crippen LogP contribution in [0.25, 0.3) is 0 Å². The molecule has 5 aliphatic heterocycles. The van der Waals surface area contributed by atoms with Gasteiger partial charge in [0.1, 0.15) is 36.3 Å². The third kappa shape index (κ3) is 14.6. The molecule has 7 N–H and O–H groups in total. The molecule has 0 bridgehead atoms. The maximum atomic E-state index is 13.5. The summed E-state index contributed by atoms with van der Waals surface area (Å²) in [4.78, 5) is 27.0. The minimum atomic E-state index is -1.87. The molecule has 3 fully saturated rings. The molecular weight excluding hydrogens is 921 g/mol. The summed E-state index contributed by atoms with van der Waals surface area (Å²) in [6.45, 7) is 21.8. The lowest BCUT2D eigenvalue weighted by molar-refractivity contribution is -0.344. The molecular formula is C54H86O17. The standard InChI is InChI=1S/C54H86O17/c1-13-37-33(9)64-41(25-42(37)67-46-23-39(55)50(61)35(11)65-46)29(5)48(59)30(6)52-27(3)19-15-17-22-45(58)70-53(28(4)20-16-18-21-44(57)69-52)31(7)49(60)32(8)54(63)26-43(38(14-2)34(10)71-54)68-47-24-40(56)51(62)36(12)66-47/h15-22,25,27-40,42-43,46-53,55-56,59-63H,13-14,23-24,26H2,1-12H3/b19-15+,20-16+,21-18+,22-17+/t27-,28-,29+,30-,31-,32-,33+,34+,35-,36-,37+,38+,39-,40-,42+,43+,46-,47+,48-,49+,50+,51+,52-,53-,54+/m0/s1. The van der Waals surface area contributed by atoms with Gasteiger partial charge < -0.3 is 73.6 Å². The van der Waals surface area contributed by atoms with Crippen LogP contribution in [-0.4, -0.2) is 152 Å². The van der Waals surface area contributed by atoms with Gasteiger partial charge in [-0.1, -0.05) is 91.8 Å². The van der Waals surface area contributed by atoms with Gasteiger partial charge in [0.25, 0.3) is 0 Å². The first kappa shape index (κ1) is 58.8. The van der Waals surface area contributed by atoms with Crippen molar-refractivity contribution >= 4 is 11.9 Å². The van der Waals surface area contributed by atoms with Gasteiger partial charge in [-0.05, 0) is 46.6 Å². The number of carbonyl (C=O) groups is 2. The van der Waals surface area contributed by atoms with Crippen LogP contribution in [0.3, 0.4) is 0 Å². The van der Waals surface area contributed by atoms with Crippen LogP contribution in [-0.2, 0) is 47.5 Å².